The van der Waals surface area contributed by atoms with Gasteiger partial charge in [-0.1, -0.05) is 26.0 Å². The molecule has 0 radical (unpaired) electrons. The summed E-state index contributed by atoms with van der Waals surface area (Å²) in [6.45, 7) is 10.3. The molecular weight excluding hydrogens is 447 g/mol. The fourth-order valence-corrected chi connectivity index (χ4v) is 8.71. The van der Waals surface area contributed by atoms with Crippen molar-refractivity contribution in [3.63, 3.8) is 0 Å². The van der Waals surface area contributed by atoms with Crippen LogP contribution in [0.5, 0.6) is 0 Å². The predicted molar refractivity (Wildman–Crippen MR) is 129 cm³/mol. The third-order valence-corrected chi connectivity index (χ3v) is 10.4. The van der Waals surface area contributed by atoms with E-state index in [-0.39, 0.29) is 29.3 Å². The van der Waals surface area contributed by atoms with E-state index in [0.29, 0.717) is 30.2 Å². The van der Waals surface area contributed by atoms with Crippen LogP contribution in [-0.2, 0) is 14.3 Å². The zero-order valence-electron chi connectivity index (χ0n) is 21.0. The van der Waals surface area contributed by atoms with Crippen LogP contribution in [0.15, 0.2) is 36.4 Å². The molecule has 4 fully saturated rings. The maximum absolute atomic E-state index is 13.4. The molecule has 0 heterocycles. The van der Waals surface area contributed by atoms with Crippen LogP contribution in [0.4, 0.5) is 4.39 Å². The van der Waals surface area contributed by atoms with Gasteiger partial charge in [0.2, 0.25) is 0 Å². The molecule has 5 rings (SSSR count). The molecule has 5 nitrogen and oxygen atoms in total. The van der Waals surface area contributed by atoms with Gasteiger partial charge in [-0.25, -0.2) is 9.18 Å². The highest BCUT2D eigenvalue weighted by Crippen LogP contribution is 2.72. The third kappa shape index (κ3) is 3.75. The van der Waals surface area contributed by atoms with Crippen LogP contribution >= 0.6 is 0 Å². The van der Waals surface area contributed by atoms with Crippen molar-refractivity contribution in [3.05, 3.63) is 47.8 Å². The Morgan fingerprint density at radius 3 is 2.54 bits per heavy atom. The molecule has 2 bridgehead atoms. The number of rotatable bonds is 4. The van der Waals surface area contributed by atoms with E-state index >= 15 is 0 Å². The monoisotopic (exact) mass is 484 g/mol. The summed E-state index contributed by atoms with van der Waals surface area (Å²) in [7, 11) is 0. The Hall–Kier alpha value is -2.21. The second-order valence-corrected chi connectivity index (χ2v) is 12.1. The van der Waals surface area contributed by atoms with Crippen LogP contribution < -0.4 is 0 Å². The molecule has 4 saturated carbocycles. The summed E-state index contributed by atoms with van der Waals surface area (Å²) >= 11 is 0. The first-order chi connectivity index (χ1) is 16.5. The Labute approximate surface area is 207 Å². The predicted octanol–water partition coefficient (Wildman–Crippen LogP) is 5.46. The molecule has 190 valence electrons. The van der Waals surface area contributed by atoms with Crippen molar-refractivity contribution in [2.75, 3.05) is 6.61 Å². The molecule has 0 aromatic heterocycles. The van der Waals surface area contributed by atoms with Crippen LogP contribution in [0.3, 0.4) is 0 Å². The van der Waals surface area contributed by atoms with Gasteiger partial charge in [0.05, 0.1) is 11.7 Å². The number of benzene rings is 1. The van der Waals surface area contributed by atoms with E-state index < -0.39 is 29.4 Å². The first-order valence-corrected chi connectivity index (χ1v) is 13.0. The summed E-state index contributed by atoms with van der Waals surface area (Å²) in [5.41, 5.74) is 0.745. The molecule has 1 N–H and O–H groups in total. The Balaban J connectivity index is 1.48. The number of carbonyl (C=O) groups excluding carboxylic acids is 2. The van der Waals surface area contributed by atoms with Crippen molar-refractivity contribution < 1.29 is 28.6 Å². The number of fused-ring (bicyclic) bond motifs is 3. The smallest absolute Gasteiger partial charge is 0.338 e. The van der Waals surface area contributed by atoms with Crippen molar-refractivity contribution in [1.29, 1.82) is 0 Å². The molecule has 1 spiro atoms. The summed E-state index contributed by atoms with van der Waals surface area (Å²) in [6.07, 6.45) is 5.29. The maximum Gasteiger partial charge on any atom is 0.338 e. The first-order valence-electron chi connectivity index (χ1n) is 13.0. The normalized spacial score (nSPS) is 42.1. The Kier molecular flexibility index (Phi) is 5.90. The molecule has 6 heteroatoms. The van der Waals surface area contributed by atoms with E-state index in [1.54, 1.807) is 0 Å². The van der Waals surface area contributed by atoms with Gasteiger partial charge in [0.15, 0.2) is 0 Å². The average molecular weight is 485 g/mol. The zero-order chi connectivity index (χ0) is 25.2. The minimum absolute atomic E-state index is 0.0187. The summed E-state index contributed by atoms with van der Waals surface area (Å²) in [6, 6.07) is 5.34. The molecule has 0 saturated heterocycles. The van der Waals surface area contributed by atoms with Crippen LogP contribution in [-0.4, -0.2) is 35.9 Å². The number of aliphatic hydroxyl groups is 1. The number of carbonyl (C=O) groups is 2. The molecule has 35 heavy (non-hydrogen) atoms. The molecule has 4 aliphatic carbocycles. The van der Waals surface area contributed by atoms with E-state index in [9.17, 15) is 19.1 Å². The van der Waals surface area contributed by atoms with E-state index in [1.165, 1.54) is 36.8 Å². The van der Waals surface area contributed by atoms with Crippen molar-refractivity contribution in [2.45, 2.75) is 77.9 Å². The lowest BCUT2D eigenvalue weighted by atomic mass is 9.40. The maximum atomic E-state index is 13.4. The molecule has 1 aromatic carbocycles. The van der Waals surface area contributed by atoms with Gasteiger partial charge in [0.25, 0.3) is 0 Å². The minimum atomic E-state index is -0.649. The summed E-state index contributed by atoms with van der Waals surface area (Å²) in [5, 5.41) is 11.6. The SMILES string of the molecule is C=C1C[C@]23C[C@H]1CC[C@H]2[C@]1(C)CC[C@@H](OC(=O)c2ccc(F)cc2)[C@](C)(COC(C)=O)[C@H]1C[C@@H]3O. The summed E-state index contributed by atoms with van der Waals surface area (Å²) in [5.74, 6) is -0.406. The first kappa shape index (κ1) is 24.5. The number of allylic oxidation sites excluding steroid dienone is 1. The Morgan fingerprint density at radius 2 is 1.86 bits per heavy atom. The van der Waals surface area contributed by atoms with E-state index in [4.69, 9.17) is 9.47 Å². The lowest BCUT2D eigenvalue weighted by Gasteiger charge is -2.66. The number of hydrogen-bond donors (Lipinski definition) is 1. The third-order valence-electron chi connectivity index (χ3n) is 10.4. The minimum Gasteiger partial charge on any atom is -0.465 e. The highest BCUT2D eigenvalue weighted by molar-refractivity contribution is 5.89. The van der Waals surface area contributed by atoms with E-state index in [1.807, 2.05) is 6.92 Å². The van der Waals surface area contributed by atoms with Crippen LogP contribution in [0.2, 0.25) is 0 Å². The van der Waals surface area contributed by atoms with Gasteiger partial charge in [-0.2, -0.15) is 0 Å². The summed E-state index contributed by atoms with van der Waals surface area (Å²) < 4.78 is 25.0. The Morgan fingerprint density at radius 1 is 1.14 bits per heavy atom. The van der Waals surface area contributed by atoms with Crippen LogP contribution in [0, 0.1) is 39.8 Å². The average Bonchev–Trinajstić information content (AvgIpc) is 3.06. The van der Waals surface area contributed by atoms with Gasteiger partial charge in [-0.05, 0) is 92.4 Å². The van der Waals surface area contributed by atoms with Crippen LogP contribution in [0.25, 0.3) is 0 Å². The van der Waals surface area contributed by atoms with E-state index in [0.717, 1.165) is 32.1 Å². The van der Waals surface area contributed by atoms with Gasteiger partial charge in [0, 0.05) is 17.8 Å². The lowest BCUT2D eigenvalue weighted by Crippen LogP contribution is -2.65. The molecule has 4 aliphatic rings. The molecule has 0 unspecified atom stereocenters. The second kappa shape index (κ2) is 8.43. The van der Waals surface area contributed by atoms with Gasteiger partial charge >= 0.3 is 11.9 Å². The second-order valence-electron chi connectivity index (χ2n) is 12.1. The molecule has 8 atom stereocenters. The Bertz CT molecular complexity index is 1040. The fraction of sp³-hybridized carbons (Fsp3) is 0.655. The highest BCUT2D eigenvalue weighted by atomic mass is 19.1. The molecular formula is C29H37FO5. The van der Waals surface area contributed by atoms with E-state index in [2.05, 4.69) is 13.5 Å². The largest absolute Gasteiger partial charge is 0.465 e. The van der Waals surface area contributed by atoms with Crippen molar-refractivity contribution in [2.24, 2.45) is 34.0 Å². The number of aliphatic hydroxyl groups excluding tert-OH is 1. The van der Waals surface area contributed by atoms with Crippen molar-refractivity contribution in [1.82, 2.24) is 0 Å². The van der Waals surface area contributed by atoms with Gasteiger partial charge in [0.1, 0.15) is 18.5 Å². The van der Waals surface area contributed by atoms with Gasteiger partial charge in [-0.15, -0.1) is 0 Å². The van der Waals surface area contributed by atoms with Crippen LogP contribution in [0.1, 0.15) is 76.1 Å². The number of halogens is 1. The van der Waals surface area contributed by atoms with Gasteiger partial charge in [-0.3, -0.25) is 4.79 Å². The number of hydrogen-bond acceptors (Lipinski definition) is 5. The van der Waals surface area contributed by atoms with Crippen molar-refractivity contribution in [3.8, 4) is 0 Å². The topological polar surface area (TPSA) is 72.8 Å². The fourth-order valence-electron chi connectivity index (χ4n) is 8.71. The standard InChI is InChI=1S/C29H37FO5/c1-17-14-29-15-20(17)7-10-22(29)27(3)12-11-25(35-26(33)19-5-8-21(30)9-6-19)28(4,16-34-18(2)31)23(27)13-24(29)32/h5-6,8-9,20,22-25,32H,1,7,10-16H2,2-4H3/t20-,22+,23+,24+,25-,27+,28-,29+/m1/s1. The highest BCUT2D eigenvalue weighted by Gasteiger charge is 2.68. The molecule has 0 amide bonds. The lowest BCUT2D eigenvalue weighted by molar-refractivity contribution is -0.232. The molecule has 1 aromatic rings. The van der Waals surface area contributed by atoms with Gasteiger partial charge < -0.3 is 14.6 Å². The quantitative estimate of drug-likeness (QED) is 0.454. The summed E-state index contributed by atoms with van der Waals surface area (Å²) in [4.78, 5) is 24.9. The number of ether oxygens (including phenoxy) is 2. The zero-order valence-corrected chi connectivity index (χ0v) is 21.0. The molecule has 0 aliphatic heterocycles. The van der Waals surface area contributed by atoms with Crippen molar-refractivity contribution >= 4 is 11.9 Å². The number of esters is 2.